The van der Waals surface area contributed by atoms with Crippen molar-refractivity contribution in [2.75, 3.05) is 0 Å². The number of rotatable bonds is 7. The van der Waals surface area contributed by atoms with Crippen molar-refractivity contribution in [1.29, 1.82) is 0 Å². The van der Waals surface area contributed by atoms with E-state index in [0.717, 1.165) is 29.7 Å². The van der Waals surface area contributed by atoms with E-state index in [2.05, 4.69) is 5.32 Å². The summed E-state index contributed by atoms with van der Waals surface area (Å²) in [4.78, 5) is 10.9. The summed E-state index contributed by atoms with van der Waals surface area (Å²) in [5.74, 6) is 0. The van der Waals surface area contributed by atoms with Crippen LogP contribution in [-0.2, 0) is 12.6 Å². The molecule has 0 spiro atoms. The van der Waals surface area contributed by atoms with Crippen LogP contribution < -0.4 is 5.32 Å². The molecule has 0 aliphatic heterocycles. The first-order chi connectivity index (χ1) is 12.7. The van der Waals surface area contributed by atoms with Gasteiger partial charge in [-0.1, -0.05) is 49.7 Å². The number of aliphatic hydroxyl groups is 1. The Labute approximate surface area is 155 Å². The van der Waals surface area contributed by atoms with Gasteiger partial charge in [0.15, 0.2) is 0 Å². The first-order valence-electron chi connectivity index (χ1n) is 8.64. The van der Waals surface area contributed by atoms with Crippen LogP contribution in [0.1, 0.15) is 30.9 Å². The average molecular weight is 381 g/mol. The second-order valence-corrected chi connectivity index (χ2v) is 6.39. The number of aliphatic hydroxyl groups excluding tert-OH is 1. The number of hydrogen-bond donors (Lipinski definition) is 3. The molecular formula is C20H22F3NO3. The molecule has 0 aliphatic carbocycles. The third kappa shape index (κ3) is 5.99. The fourth-order valence-corrected chi connectivity index (χ4v) is 2.88. The molecule has 0 radical (unpaired) electrons. The third-order valence-electron chi connectivity index (χ3n) is 4.31. The van der Waals surface area contributed by atoms with E-state index in [9.17, 15) is 23.1 Å². The molecule has 0 saturated heterocycles. The third-order valence-corrected chi connectivity index (χ3v) is 4.31. The van der Waals surface area contributed by atoms with Gasteiger partial charge in [0.25, 0.3) is 0 Å². The number of carbonyl (C=O) groups is 1. The highest BCUT2D eigenvalue weighted by atomic mass is 19.4. The molecule has 0 aliphatic rings. The zero-order chi connectivity index (χ0) is 20.0. The fraction of sp³-hybridized carbons (Fsp3) is 0.350. The largest absolute Gasteiger partial charge is 0.465 e. The number of amides is 1. The normalized spacial score (nSPS) is 13.8. The Morgan fingerprint density at radius 2 is 1.56 bits per heavy atom. The Balaban J connectivity index is 2.12. The molecule has 146 valence electrons. The molecular weight excluding hydrogens is 359 g/mol. The van der Waals surface area contributed by atoms with Gasteiger partial charge in [0, 0.05) is 0 Å². The van der Waals surface area contributed by atoms with Gasteiger partial charge in [-0.2, -0.15) is 13.2 Å². The molecule has 0 fully saturated rings. The lowest BCUT2D eigenvalue weighted by atomic mass is 9.96. The minimum absolute atomic E-state index is 0.320. The highest BCUT2D eigenvalue weighted by molar-refractivity contribution is 5.65. The second-order valence-electron chi connectivity index (χ2n) is 6.39. The maximum Gasteiger partial charge on any atom is 0.416 e. The standard InChI is InChI=1S/C20H22F3NO3/c1-2-3-18(25)17(24-19(26)27)12-13-4-6-14(7-5-13)15-8-10-16(11-9-15)20(21,22)23/h4-11,17-18,24-25H,2-3,12H2,1H3,(H,26,27)/t17-,18?/m1/s1. The first kappa shape index (κ1) is 20.8. The average Bonchev–Trinajstić information content (AvgIpc) is 2.61. The molecule has 3 N–H and O–H groups in total. The van der Waals surface area contributed by atoms with Crippen LogP contribution in [0.25, 0.3) is 11.1 Å². The summed E-state index contributed by atoms with van der Waals surface area (Å²) in [6, 6.07) is 11.4. The van der Waals surface area contributed by atoms with Crippen LogP contribution in [0.15, 0.2) is 48.5 Å². The molecule has 0 heterocycles. The molecule has 2 rings (SSSR count). The lowest BCUT2D eigenvalue weighted by molar-refractivity contribution is -0.137. The smallest absolute Gasteiger partial charge is 0.416 e. The number of benzene rings is 2. The van der Waals surface area contributed by atoms with Crippen LogP contribution in [0.5, 0.6) is 0 Å². The van der Waals surface area contributed by atoms with Crippen molar-refractivity contribution in [3.05, 3.63) is 59.7 Å². The Bertz CT molecular complexity index is 743. The quantitative estimate of drug-likeness (QED) is 0.650. The van der Waals surface area contributed by atoms with Gasteiger partial charge < -0.3 is 15.5 Å². The van der Waals surface area contributed by atoms with Crippen LogP contribution in [0, 0.1) is 0 Å². The number of carboxylic acid groups (broad SMARTS) is 1. The molecule has 1 amide bonds. The highest BCUT2D eigenvalue weighted by Crippen LogP contribution is 2.31. The summed E-state index contributed by atoms with van der Waals surface area (Å²) in [5, 5.41) is 21.4. The maximum atomic E-state index is 12.6. The van der Waals surface area contributed by atoms with Crippen molar-refractivity contribution in [3.8, 4) is 11.1 Å². The van der Waals surface area contributed by atoms with Crippen LogP contribution in [0.2, 0.25) is 0 Å². The number of alkyl halides is 3. The predicted octanol–water partition coefficient (Wildman–Crippen LogP) is 4.71. The number of hydrogen-bond acceptors (Lipinski definition) is 2. The van der Waals surface area contributed by atoms with Gasteiger partial charge in [-0.3, -0.25) is 0 Å². The highest BCUT2D eigenvalue weighted by Gasteiger charge is 2.30. The maximum absolute atomic E-state index is 12.6. The first-order valence-corrected chi connectivity index (χ1v) is 8.64. The summed E-state index contributed by atoms with van der Waals surface area (Å²) in [6.07, 6.45) is -4.83. The van der Waals surface area contributed by atoms with Crippen molar-refractivity contribution in [2.24, 2.45) is 0 Å². The van der Waals surface area contributed by atoms with E-state index in [4.69, 9.17) is 5.11 Å². The predicted molar refractivity (Wildman–Crippen MR) is 96.4 cm³/mol. The van der Waals surface area contributed by atoms with E-state index in [-0.39, 0.29) is 0 Å². The lowest BCUT2D eigenvalue weighted by Crippen LogP contribution is -2.44. The molecule has 27 heavy (non-hydrogen) atoms. The molecule has 2 aromatic carbocycles. The number of halogens is 3. The Kier molecular flexibility index (Phi) is 6.85. The van der Waals surface area contributed by atoms with Gasteiger partial charge in [0.05, 0.1) is 17.7 Å². The molecule has 7 heteroatoms. The zero-order valence-corrected chi connectivity index (χ0v) is 14.8. The molecule has 4 nitrogen and oxygen atoms in total. The van der Waals surface area contributed by atoms with E-state index < -0.39 is 30.0 Å². The molecule has 0 saturated carbocycles. The van der Waals surface area contributed by atoms with Gasteiger partial charge in [-0.15, -0.1) is 0 Å². The summed E-state index contributed by atoms with van der Waals surface area (Å²) in [7, 11) is 0. The van der Waals surface area contributed by atoms with Crippen molar-refractivity contribution in [1.82, 2.24) is 5.32 Å². The van der Waals surface area contributed by atoms with Crippen molar-refractivity contribution in [3.63, 3.8) is 0 Å². The van der Waals surface area contributed by atoms with Gasteiger partial charge >= 0.3 is 12.3 Å². The van der Waals surface area contributed by atoms with Crippen molar-refractivity contribution in [2.45, 2.75) is 44.5 Å². The van der Waals surface area contributed by atoms with E-state index in [1.807, 2.05) is 6.92 Å². The van der Waals surface area contributed by atoms with Crippen molar-refractivity contribution < 1.29 is 28.2 Å². The summed E-state index contributed by atoms with van der Waals surface area (Å²) in [6.45, 7) is 1.90. The number of nitrogens with one attached hydrogen (secondary N) is 1. The minimum Gasteiger partial charge on any atom is -0.465 e. The SMILES string of the molecule is CCCC(O)[C@@H](Cc1ccc(-c2ccc(C(F)(F)F)cc2)cc1)NC(=O)O. The van der Waals surface area contributed by atoms with Crippen LogP contribution >= 0.6 is 0 Å². The van der Waals surface area contributed by atoms with Gasteiger partial charge in [0.1, 0.15) is 0 Å². The molecule has 1 unspecified atom stereocenters. The molecule has 0 bridgehead atoms. The monoisotopic (exact) mass is 381 g/mol. The van der Waals surface area contributed by atoms with Gasteiger partial charge in [0.2, 0.25) is 0 Å². The van der Waals surface area contributed by atoms with Gasteiger partial charge in [-0.05, 0) is 41.7 Å². The summed E-state index contributed by atoms with van der Waals surface area (Å²) >= 11 is 0. The lowest BCUT2D eigenvalue weighted by Gasteiger charge is -2.22. The van der Waals surface area contributed by atoms with Crippen LogP contribution in [-0.4, -0.2) is 28.5 Å². The van der Waals surface area contributed by atoms with Gasteiger partial charge in [-0.25, -0.2) is 4.79 Å². The summed E-state index contributed by atoms with van der Waals surface area (Å²) in [5.41, 5.74) is 1.53. The second kappa shape index (κ2) is 8.90. The van der Waals surface area contributed by atoms with E-state index in [1.165, 1.54) is 12.1 Å². The Hall–Kier alpha value is -2.54. The molecule has 2 aromatic rings. The van der Waals surface area contributed by atoms with E-state index in [0.29, 0.717) is 18.4 Å². The zero-order valence-electron chi connectivity index (χ0n) is 14.8. The van der Waals surface area contributed by atoms with Crippen LogP contribution in [0.4, 0.5) is 18.0 Å². The van der Waals surface area contributed by atoms with E-state index in [1.54, 1.807) is 24.3 Å². The van der Waals surface area contributed by atoms with Crippen molar-refractivity contribution >= 4 is 6.09 Å². The van der Waals surface area contributed by atoms with E-state index >= 15 is 0 Å². The topological polar surface area (TPSA) is 69.6 Å². The molecule has 0 aromatic heterocycles. The molecule has 2 atom stereocenters. The fourth-order valence-electron chi connectivity index (χ4n) is 2.88. The summed E-state index contributed by atoms with van der Waals surface area (Å²) < 4.78 is 37.9. The minimum atomic E-state index is -4.37. The Morgan fingerprint density at radius 1 is 1.04 bits per heavy atom. The van der Waals surface area contributed by atoms with Crippen LogP contribution in [0.3, 0.4) is 0 Å². The Morgan fingerprint density at radius 3 is 2.00 bits per heavy atom.